The Bertz CT molecular complexity index is 945. The van der Waals surface area contributed by atoms with Crippen molar-refractivity contribution in [2.24, 2.45) is 0 Å². The molecule has 0 aliphatic heterocycles. The van der Waals surface area contributed by atoms with E-state index in [0.29, 0.717) is 18.0 Å². The zero-order valence-corrected chi connectivity index (χ0v) is 18.9. The molecule has 0 bridgehead atoms. The first-order valence-electron chi connectivity index (χ1n) is 9.23. The van der Waals surface area contributed by atoms with E-state index in [0.717, 1.165) is 27.6 Å². The molecule has 158 valence electrons. The number of anilines is 1. The maximum Gasteiger partial charge on any atom is 0.240 e. The summed E-state index contributed by atoms with van der Waals surface area (Å²) < 4.78 is 31.0. The number of ether oxygens (including phenoxy) is 1. The van der Waals surface area contributed by atoms with E-state index in [-0.39, 0.29) is 12.5 Å². The minimum absolute atomic E-state index is 0.291. The Morgan fingerprint density at radius 1 is 1.17 bits per heavy atom. The van der Waals surface area contributed by atoms with Gasteiger partial charge in [-0.3, -0.25) is 9.10 Å². The Hall–Kier alpha value is -2.19. The third-order valence-electron chi connectivity index (χ3n) is 4.38. The van der Waals surface area contributed by atoms with Crippen molar-refractivity contribution in [3.05, 3.63) is 59.2 Å². The molecule has 0 aliphatic rings. The minimum Gasteiger partial charge on any atom is -0.495 e. The molecule has 1 N–H and O–H groups in total. The predicted molar refractivity (Wildman–Crippen MR) is 120 cm³/mol. The van der Waals surface area contributed by atoms with Gasteiger partial charge in [-0.05, 0) is 42.7 Å². The van der Waals surface area contributed by atoms with Gasteiger partial charge in [-0.15, -0.1) is 0 Å². The van der Waals surface area contributed by atoms with E-state index < -0.39 is 10.0 Å². The number of nitrogens with one attached hydrogen (secondary N) is 1. The number of sulfonamides is 1. The number of benzene rings is 2. The summed E-state index contributed by atoms with van der Waals surface area (Å²) in [5.74, 6) is 1.67. The van der Waals surface area contributed by atoms with E-state index in [2.05, 4.69) is 24.4 Å². The molecule has 2 aromatic carbocycles. The highest BCUT2D eigenvalue weighted by Gasteiger charge is 2.24. The average molecular weight is 437 g/mol. The van der Waals surface area contributed by atoms with E-state index in [1.807, 2.05) is 25.1 Å². The van der Waals surface area contributed by atoms with Gasteiger partial charge < -0.3 is 10.1 Å². The fraction of sp³-hybridized carbons (Fsp3) is 0.381. The lowest BCUT2D eigenvalue weighted by Gasteiger charge is -2.24. The number of thioether (sulfide) groups is 1. The number of nitrogens with zero attached hydrogens (tertiary/aromatic N) is 1. The molecule has 1 amide bonds. The number of hydrogen-bond donors (Lipinski definition) is 1. The zero-order chi connectivity index (χ0) is 21.4. The second kappa shape index (κ2) is 10.5. The first kappa shape index (κ1) is 23.1. The summed E-state index contributed by atoms with van der Waals surface area (Å²) in [4.78, 5) is 12.4. The molecule has 0 fully saturated rings. The van der Waals surface area contributed by atoms with Crippen LogP contribution in [0.3, 0.4) is 0 Å². The number of hydrogen-bond acceptors (Lipinski definition) is 5. The van der Waals surface area contributed by atoms with Gasteiger partial charge in [-0.1, -0.05) is 30.3 Å². The van der Waals surface area contributed by atoms with Gasteiger partial charge >= 0.3 is 0 Å². The maximum absolute atomic E-state index is 12.4. The van der Waals surface area contributed by atoms with Crippen molar-refractivity contribution in [3.8, 4) is 5.75 Å². The van der Waals surface area contributed by atoms with Crippen molar-refractivity contribution in [2.45, 2.75) is 19.6 Å². The summed E-state index contributed by atoms with van der Waals surface area (Å²) in [5.41, 5.74) is 3.76. The van der Waals surface area contributed by atoms with Gasteiger partial charge in [0.25, 0.3) is 0 Å². The summed E-state index contributed by atoms with van der Waals surface area (Å²) in [6.07, 6.45) is 1.08. The van der Waals surface area contributed by atoms with Crippen LogP contribution in [-0.4, -0.2) is 46.5 Å². The Morgan fingerprint density at radius 2 is 1.90 bits per heavy atom. The molecule has 0 heterocycles. The van der Waals surface area contributed by atoms with Crippen LogP contribution in [0.25, 0.3) is 0 Å². The smallest absolute Gasteiger partial charge is 0.240 e. The van der Waals surface area contributed by atoms with Gasteiger partial charge in [0.05, 0.1) is 19.1 Å². The van der Waals surface area contributed by atoms with Crippen molar-refractivity contribution in [1.82, 2.24) is 5.32 Å². The molecule has 8 heteroatoms. The highest BCUT2D eigenvalue weighted by Crippen LogP contribution is 2.30. The monoisotopic (exact) mass is 436 g/mol. The summed E-state index contributed by atoms with van der Waals surface area (Å²) in [7, 11) is -2.18. The van der Waals surface area contributed by atoms with E-state index in [9.17, 15) is 13.2 Å². The Balaban J connectivity index is 1.92. The molecular weight excluding hydrogens is 408 g/mol. The Kier molecular flexibility index (Phi) is 8.40. The number of aryl methyl sites for hydroxylation is 2. The number of rotatable bonds is 10. The predicted octanol–water partition coefficient (Wildman–Crippen LogP) is 3.13. The molecule has 0 saturated heterocycles. The van der Waals surface area contributed by atoms with Crippen LogP contribution < -0.4 is 14.4 Å². The second-order valence-corrected chi connectivity index (χ2v) is 9.79. The van der Waals surface area contributed by atoms with Gasteiger partial charge in [0.15, 0.2) is 0 Å². The molecule has 2 rings (SSSR count). The number of amides is 1. The molecule has 29 heavy (non-hydrogen) atoms. The van der Waals surface area contributed by atoms with Crippen molar-refractivity contribution < 1.29 is 17.9 Å². The van der Waals surface area contributed by atoms with Gasteiger partial charge in [-0.25, -0.2) is 8.42 Å². The first-order chi connectivity index (χ1) is 13.7. The lowest BCUT2D eigenvalue weighted by molar-refractivity contribution is -0.119. The van der Waals surface area contributed by atoms with Crippen LogP contribution in [0.2, 0.25) is 0 Å². The standard InChI is InChI=1S/C21H28N2O4S2/c1-16-9-10-20(27-3)19(13-16)23(29(4,25)26)14-21(24)22-11-12-28-15-18-8-6-5-7-17(18)2/h5-10,13H,11-12,14-15H2,1-4H3,(H,22,24). The minimum atomic E-state index is -3.65. The zero-order valence-electron chi connectivity index (χ0n) is 17.3. The van der Waals surface area contributed by atoms with E-state index in [4.69, 9.17) is 4.74 Å². The third-order valence-corrected chi connectivity index (χ3v) is 6.51. The number of carbonyl (C=O) groups excluding carboxylic acids is 1. The number of carbonyl (C=O) groups is 1. The third kappa shape index (κ3) is 6.97. The van der Waals surface area contributed by atoms with Gasteiger partial charge in [0, 0.05) is 18.1 Å². The van der Waals surface area contributed by atoms with Crippen LogP contribution in [-0.2, 0) is 20.6 Å². The summed E-state index contributed by atoms with van der Waals surface area (Å²) in [5, 5.41) is 2.80. The summed E-state index contributed by atoms with van der Waals surface area (Å²) in [6, 6.07) is 13.4. The van der Waals surface area contributed by atoms with Crippen molar-refractivity contribution in [3.63, 3.8) is 0 Å². The van der Waals surface area contributed by atoms with Crippen LogP contribution in [0.4, 0.5) is 5.69 Å². The molecule has 0 saturated carbocycles. The van der Waals surface area contributed by atoms with Crippen LogP contribution in [0.5, 0.6) is 5.75 Å². The topological polar surface area (TPSA) is 75.7 Å². The van der Waals surface area contributed by atoms with Gasteiger partial charge in [0.1, 0.15) is 12.3 Å². The quantitative estimate of drug-likeness (QED) is 0.579. The van der Waals surface area contributed by atoms with Gasteiger partial charge in [-0.2, -0.15) is 11.8 Å². The normalized spacial score (nSPS) is 11.2. The lowest BCUT2D eigenvalue weighted by atomic mass is 10.1. The number of methoxy groups -OCH3 is 1. The van der Waals surface area contributed by atoms with Crippen LogP contribution in [0.1, 0.15) is 16.7 Å². The van der Waals surface area contributed by atoms with Crippen LogP contribution in [0, 0.1) is 13.8 Å². The van der Waals surface area contributed by atoms with E-state index in [1.165, 1.54) is 18.2 Å². The second-order valence-electron chi connectivity index (χ2n) is 6.77. The molecule has 0 atom stereocenters. The highest BCUT2D eigenvalue weighted by atomic mass is 32.2. The fourth-order valence-electron chi connectivity index (χ4n) is 2.78. The molecule has 0 aromatic heterocycles. The largest absolute Gasteiger partial charge is 0.495 e. The Labute approximate surface area is 177 Å². The molecule has 0 aliphatic carbocycles. The van der Waals surface area contributed by atoms with Crippen LogP contribution in [0.15, 0.2) is 42.5 Å². The molecular formula is C21H28N2O4S2. The molecule has 0 spiro atoms. The molecule has 0 unspecified atom stereocenters. The van der Waals surface area contributed by atoms with Crippen molar-refractivity contribution >= 4 is 33.4 Å². The maximum atomic E-state index is 12.4. The van der Waals surface area contributed by atoms with Crippen molar-refractivity contribution in [1.29, 1.82) is 0 Å². The molecule has 2 aromatic rings. The van der Waals surface area contributed by atoms with E-state index in [1.54, 1.807) is 23.9 Å². The lowest BCUT2D eigenvalue weighted by Crippen LogP contribution is -2.41. The molecule has 6 nitrogen and oxygen atoms in total. The van der Waals surface area contributed by atoms with Crippen molar-refractivity contribution in [2.75, 3.05) is 36.5 Å². The Morgan fingerprint density at radius 3 is 2.55 bits per heavy atom. The summed E-state index contributed by atoms with van der Waals surface area (Å²) >= 11 is 1.72. The summed E-state index contributed by atoms with van der Waals surface area (Å²) in [6.45, 7) is 4.12. The molecule has 0 radical (unpaired) electrons. The average Bonchev–Trinajstić information content (AvgIpc) is 2.66. The SMILES string of the molecule is COc1ccc(C)cc1N(CC(=O)NCCSCc1ccccc1C)S(C)(=O)=O. The van der Waals surface area contributed by atoms with Gasteiger partial charge in [0.2, 0.25) is 15.9 Å². The highest BCUT2D eigenvalue weighted by molar-refractivity contribution is 7.98. The van der Waals surface area contributed by atoms with Crippen LogP contribution >= 0.6 is 11.8 Å². The fourth-order valence-corrected chi connectivity index (χ4v) is 4.57. The first-order valence-corrected chi connectivity index (χ1v) is 12.2. The van der Waals surface area contributed by atoms with E-state index >= 15 is 0 Å².